The Morgan fingerprint density at radius 2 is 2.00 bits per heavy atom. The minimum Gasteiger partial charge on any atom is -0.465 e. The van der Waals surface area contributed by atoms with Crippen molar-refractivity contribution >= 4 is 28.0 Å². The molecule has 8 nitrogen and oxygen atoms in total. The summed E-state index contributed by atoms with van der Waals surface area (Å²) < 4.78 is 1.84. The van der Waals surface area contributed by atoms with Crippen molar-refractivity contribution in [3.8, 4) is 0 Å². The summed E-state index contributed by atoms with van der Waals surface area (Å²) in [6, 6.07) is 17.9. The van der Waals surface area contributed by atoms with Gasteiger partial charge >= 0.3 is 11.8 Å². The number of carbonyl (C=O) groups is 1. The van der Waals surface area contributed by atoms with Crippen molar-refractivity contribution in [1.82, 2.24) is 24.8 Å². The number of hydrogen-bond acceptors (Lipinski definition) is 4. The number of pyridine rings is 1. The summed E-state index contributed by atoms with van der Waals surface area (Å²) in [5.41, 5.74) is 3.70. The molecule has 34 heavy (non-hydrogen) atoms. The molecule has 0 saturated carbocycles. The van der Waals surface area contributed by atoms with Crippen LogP contribution in [0.15, 0.2) is 65.6 Å². The molecule has 1 fully saturated rings. The fourth-order valence-electron chi connectivity index (χ4n) is 5.16. The first kappa shape index (κ1) is 22.2. The Kier molecular flexibility index (Phi) is 6.31. The predicted molar refractivity (Wildman–Crippen MR) is 132 cm³/mol. The van der Waals surface area contributed by atoms with Crippen LogP contribution in [-0.4, -0.2) is 50.3 Å². The maximum atomic E-state index is 12.8. The van der Waals surface area contributed by atoms with Gasteiger partial charge in [-0.2, -0.15) is 0 Å². The van der Waals surface area contributed by atoms with E-state index in [9.17, 15) is 14.7 Å². The Hall–Kier alpha value is -3.65. The average molecular weight is 460 g/mol. The van der Waals surface area contributed by atoms with Gasteiger partial charge in [-0.3, -0.25) is 9.55 Å². The monoisotopic (exact) mass is 459 g/mol. The van der Waals surface area contributed by atoms with Crippen molar-refractivity contribution in [2.45, 2.75) is 31.8 Å². The van der Waals surface area contributed by atoms with Crippen LogP contribution in [0.5, 0.6) is 0 Å². The number of carboxylic acid groups (broad SMARTS) is 1. The average Bonchev–Trinajstić information content (AvgIpc) is 3.19. The van der Waals surface area contributed by atoms with E-state index in [2.05, 4.69) is 27.4 Å². The molecule has 4 aromatic rings. The van der Waals surface area contributed by atoms with Crippen LogP contribution < -0.4 is 11.0 Å². The molecule has 0 bridgehead atoms. The van der Waals surface area contributed by atoms with Gasteiger partial charge in [-0.15, -0.1) is 0 Å². The van der Waals surface area contributed by atoms with Crippen molar-refractivity contribution in [3.63, 3.8) is 0 Å². The number of benzene rings is 2. The first-order chi connectivity index (χ1) is 16.6. The summed E-state index contributed by atoms with van der Waals surface area (Å²) >= 11 is 0. The molecule has 3 N–H and O–H groups in total. The van der Waals surface area contributed by atoms with Crippen LogP contribution in [0.4, 0.5) is 4.79 Å². The third kappa shape index (κ3) is 4.54. The van der Waals surface area contributed by atoms with Crippen molar-refractivity contribution < 1.29 is 9.90 Å². The van der Waals surface area contributed by atoms with Crippen LogP contribution in [0.2, 0.25) is 0 Å². The van der Waals surface area contributed by atoms with Gasteiger partial charge in [0.15, 0.2) is 0 Å². The second-order valence-corrected chi connectivity index (χ2v) is 9.02. The molecule has 2 atom stereocenters. The molecule has 2 aromatic heterocycles. The number of aromatic nitrogens is 3. The standard InChI is InChI=1S/C26H29N5O3/c32-25-29-22-9-3-4-10-24(22)31(25)23-11-13-30(26(33)34)17-20(23)7-5-12-27-15-18-14-19-6-1-2-8-21(19)28-16-18/h1-4,6,8-10,14,16,20,23,27H,5,7,11-13,15,17H2,(H,29,32)(H,33,34). The molecule has 1 saturated heterocycles. The van der Waals surface area contributed by atoms with Gasteiger partial charge in [0.2, 0.25) is 0 Å². The molecule has 5 rings (SSSR count). The molecule has 8 heteroatoms. The summed E-state index contributed by atoms with van der Waals surface area (Å²) in [7, 11) is 0. The maximum Gasteiger partial charge on any atom is 0.407 e. The van der Waals surface area contributed by atoms with Crippen LogP contribution in [-0.2, 0) is 6.54 Å². The van der Waals surface area contributed by atoms with Gasteiger partial charge in [0.05, 0.1) is 16.6 Å². The molecule has 176 valence electrons. The lowest BCUT2D eigenvalue weighted by Gasteiger charge is -2.38. The topological polar surface area (TPSA) is 103 Å². The molecule has 1 aliphatic heterocycles. The van der Waals surface area contributed by atoms with Crippen LogP contribution in [0, 0.1) is 5.92 Å². The molecular formula is C26H29N5O3. The van der Waals surface area contributed by atoms with E-state index in [0.717, 1.165) is 53.4 Å². The Labute approximate surface area is 197 Å². The third-order valence-corrected chi connectivity index (χ3v) is 6.82. The molecule has 3 heterocycles. The van der Waals surface area contributed by atoms with E-state index in [0.29, 0.717) is 19.5 Å². The number of para-hydroxylation sites is 3. The van der Waals surface area contributed by atoms with E-state index in [1.165, 1.54) is 4.90 Å². The molecule has 2 aromatic carbocycles. The molecule has 1 amide bonds. The van der Waals surface area contributed by atoms with E-state index >= 15 is 0 Å². The zero-order chi connectivity index (χ0) is 23.5. The van der Waals surface area contributed by atoms with Crippen molar-refractivity contribution in [2.24, 2.45) is 5.92 Å². The van der Waals surface area contributed by atoms with Gasteiger partial charge < -0.3 is 20.3 Å². The SMILES string of the molecule is O=C(O)N1CCC(n2c(=O)[nH]c3ccccc32)C(CCCNCc2cnc3ccccc3c2)C1. The molecule has 0 aliphatic carbocycles. The maximum absolute atomic E-state index is 12.8. The summed E-state index contributed by atoms with van der Waals surface area (Å²) in [5, 5.41) is 14.2. The Morgan fingerprint density at radius 3 is 2.88 bits per heavy atom. The minimum absolute atomic E-state index is 0.0241. The number of fused-ring (bicyclic) bond motifs is 2. The zero-order valence-electron chi connectivity index (χ0n) is 19.0. The van der Waals surface area contributed by atoms with E-state index in [4.69, 9.17) is 0 Å². The van der Waals surface area contributed by atoms with Gasteiger partial charge in [0, 0.05) is 37.3 Å². The highest BCUT2D eigenvalue weighted by atomic mass is 16.4. The number of imidazole rings is 1. The van der Waals surface area contributed by atoms with Crippen LogP contribution in [0.3, 0.4) is 0 Å². The fraction of sp³-hybridized carbons (Fsp3) is 0.346. The smallest absolute Gasteiger partial charge is 0.407 e. The third-order valence-electron chi connectivity index (χ3n) is 6.82. The number of aromatic amines is 1. The normalized spacial score (nSPS) is 18.5. The lowest BCUT2D eigenvalue weighted by Crippen LogP contribution is -2.45. The molecule has 0 radical (unpaired) electrons. The second-order valence-electron chi connectivity index (χ2n) is 9.02. The highest BCUT2D eigenvalue weighted by molar-refractivity contribution is 5.78. The number of likely N-dealkylation sites (tertiary alicyclic amines) is 1. The number of rotatable bonds is 7. The van der Waals surface area contributed by atoms with E-state index in [-0.39, 0.29) is 17.6 Å². The predicted octanol–water partition coefficient (Wildman–Crippen LogP) is 3.99. The van der Waals surface area contributed by atoms with Gasteiger partial charge in [-0.05, 0) is 61.6 Å². The first-order valence-electron chi connectivity index (χ1n) is 11.8. The number of piperidine rings is 1. The quantitative estimate of drug-likeness (QED) is 0.363. The number of H-pyrrole nitrogens is 1. The zero-order valence-corrected chi connectivity index (χ0v) is 19.0. The lowest BCUT2D eigenvalue weighted by molar-refractivity contribution is 0.0952. The van der Waals surface area contributed by atoms with Gasteiger partial charge in [-0.1, -0.05) is 30.3 Å². The molecule has 1 aliphatic rings. The van der Waals surface area contributed by atoms with Gasteiger partial charge in [0.1, 0.15) is 0 Å². The number of nitrogens with one attached hydrogen (secondary N) is 2. The number of nitrogens with zero attached hydrogens (tertiary/aromatic N) is 3. The highest BCUT2D eigenvalue weighted by Gasteiger charge is 2.33. The summed E-state index contributed by atoms with van der Waals surface area (Å²) in [6.45, 7) is 2.43. The Balaban J connectivity index is 1.24. The van der Waals surface area contributed by atoms with Gasteiger partial charge in [-0.25, -0.2) is 9.59 Å². The van der Waals surface area contributed by atoms with E-state index in [1.54, 1.807) is 0 Å². The summed E-state index contributed by atoms with van der Waals surface area (Å²) in [6.07, 6.45) is 3.38. The van der Waals surface area contributed by atoms with E-state index in [1.807, 2.05) is 53.2 Å². The molecule has 2 unspecified atom stereocenters. The van der Waals surface area contributed by atoms with Crippen LogP contribution in [0.25, 0.3) is 21.9 Å². The molecular weight excluding hydrogens is 430 g/mol. The number of amides is 1. The Morgan fingerprint density at radius 1 is 1.18 bits per heavy atom. The van der Waals surface area contributed by atoms with Gasteiger partial charge in [0.25, 0.3) is 0 Å². The van der Waals surface area contributed by atoms with E-state index < -0.39 is 6.09 Å². The highest BCUT2D eigenvalue weighted by Crippen LogP contribution is 2.32. The number of hydrogen-bond donors (Lipinski definition) is 3. The van der Waals surface area contributed by atoms with Crippen LogP contribution >= 0.6 is 0 Å². The van der Waals surface area contributed by atoms with Crippen molar-refractivity contribution in [2.75, 3.05) is 19.6 Å². The van der Waals surface area contributed by atoms with Crippen molar-refractivity contribution in [3.05, 3.63) is 76.8 Å². The Bertz CT molecular complexity index is 1360. The van der Waals surface area contributed by atoms with Crippen molar-refractivity contribution in [1.29, 1.82) is 0 Å². The molecule has 0 spiro atoms. The summed E-state index contributed by atoms with van der Waals surface area (Å²) in [5.74, 6) is 0.0749. The fourth-order valence-corrected chi connectivity index (χ4v) is 5.16. The second kappa shape index (κ2) is 9.69. The van der Waals surface area contributed by atoms with Crippen LogP contribution in [0.1, 0.15) is 30.9 Å². The minimum atomic E-state index is -0.892. The lowest BCUT2D eigenvalue weighted by atomic mass is 9.88. The largest absolute Gasteiger partial charge is 0.465 e. The first-order valence-corrected chi connectivity index (χ1v) is 11.8. The summed E-state index contributed by atoms with van der Waals surface area (Å²) in [4.78, 5) is 33.4.